The van der Waals surface area contributed by atoms with Crippen LogP contribution in [0.15, 0.2) is 54.6 Å². The number of amides is 1. The summed E-state index contributed by atoms with van der Waals surface area (Å²) in [6, 6.07) is 17.1. The summed E-state index contributed by atoms with van der Waals surface area (Å²) >= 11 is 12.1. The average molecular weight is 441 g/mol. The highest BCUT2D eigenvalue weighted by Gasteiger charge is 2.27. The largest absolute Gasteiger partial charge is 0.354 e. The Morgan fingerprint density at radius 3 is 2.53 bits per heavy atom. The maximum atomic E-state index is 12.8. The molecule has 2 heterocycles. The maximum absolute atomic E-state index is 12.8. The Hall–Kier alpha value is -2.63. The Morgan fingerprint density at radius 2 is 1.83 bits per heavy atom. The first kappa shape index (κ1) is 20.6. The summed E-state index contributed by atoms with van der Waals surface area (Å²) in [5.41, 5.74) is 3.70. The SMILES string of the molecule is Cc1ccccc1-c1ccc(N2CCCC(C(=O)Nc3cc(Cl)cc(Cl)c3)C2)nn1. The Labute approximate surface area is 186 Å². The quantitative estimate of drug-likeness (QED) is 0.572. The van der Waals surface area contributed by atoms with Crippen LogP contribution in [0.1, 0.15) is 18.4 Å². The molecule has 1 aliphatic heterocycles. The Morgan fingerprint density at radius 1 is 1.07 bits per heavy atom. The Kier molecular flexibility index (Phi) is 6.21. The zero-order chi connectivity index (χ0) is 21.1. The van der Waals surface area contributed by atoms with E-state index in [4.69, 9.17) is 23.2 Å². The van der Waals surface area contributed by atoms with Gasteiger partial charge in [-0.05, 0) is 55.7 Å². The van der Waals surface area contributed by atoms with E-state index in [1.165, 1.54) is 0 Å². The fraction of sp³-hybridized carbons (Fsp3) is 0.261. The van der Waals surface area contributed by atoms with Crippen LogP contribution in [0.5, 0.6) is 0 Å². The van der Waals surface area contributed by atoms with Crippen LogP contribution >= 0.6 is 23.2 Å². The van der Waals surface area contributed by atoms with Gasteiger partial charge < -0.3 is 10.2 Å². The van der Waals surface area contributed by atoms with E-state index in [9.17, 15) is 4.79 Å². The molecule has 1 aliphatic rings. The van der Waals surface area contributed by atoms with Gasteiger partial charge in [0.15, 0.2) is 5.82 Å². The predicted octanol–water partition coefficient (Wildman–Crippen LogP) is 5.61. The van der Waals surface area contributed by atoms with Crippen LogP contribution < -0.4 is 10.2 Å². The molecule has 1 fully saturated rings. The monoisotopic (exact) mass is 440 g/mol. The summed E-state index contributed by atoms with van der Waals surface area (Å²) in [5.74, 6) is 0.604. The standard InChI is InChI=1S/C23H22Cl2N4O/c1-15-5-2-3-7-20(15)21-8-9-22(28-27-21)29-10-4-6-16(14-29)23(30)26-19-12-17(24)11-18(25)13-19/h2-3,5,7-9,11-13,16H,4,6,10,14H2,1H3,(H,26,30). The summed E-state index contributed by atoms with van der Waals surface area (Å²) in [4.78, 5) is 14.9. The number of anilines is 2. The number of benzene rings is 2. The van der Waals surface area contributed by atoms with Crippen LogP contribution in [0.25, 0.3) is 11.3 Å². The number of aryl methyl sites for hydroxylation is 1. The highest BCUT2D eigenvalue weighted by molar-refractivity contribution is 6.35. The van der Waals surface area contributed by atoms with Gasteiger partial charge in [0.2, 0.25) is 5.91 Å². The third-order valence-electron chi connectivity index (χ3n) is 5.32. The van der Waals surface area contributed by atoms with Crippen molar-refractivity contribution in [3.63, 3.8) is 0 Å². The van der Waals surface area contributed by atoms with Gasteiger partial charge in [0.05, 0.1) is 11.6 Å². The van der Waals surface area contributed by atoms with Crippen molar-refractivity contribution in [2.75, 3.05) is 23.3 Å². The van der Waals surface area contributed by atoms with Crippen molar-refractivity contribution >= 4 is 40.6 Å². The molecular formula is C23H22Cl2N4O. The lowest BCUT2D eigenvalue weighted by atomic mass is 9.97. The van der Waals surface area contributed by atoms with Crippen LogP contribution in [0.4, 0.5) is 11.5 Å². The molecule has 0 saturated carbocycles. The number of carbonyl (C=O) groups excluding carboxylic acids is 1. The van der Waals surface area contributed by atoms with Crippen molar-refractivity contribution in [3.8, 4) is 11.3 Å². The summed E-state index contributed by atoms with van der Waals surface area (Å²) in [7, 11) is 0. The van der Waals surface area contributed by atoms with Crippen molar-refractivity contribution in [1.29, 1.82) is 0 Å². The Balaban J connectivity index is 1.44. The molecule has 0 radical (unpaired) electrons. The summed E-state index contributed by atoms with van der Waals surface area (Å²) in [5, 5.41) is 12.8. The smallest absolute Gasteiger partial charge is 0.229 e. The fourth-order valence-corrected chi connectivity index (χ4v) is 4.29. The van der Waals surface area contributed by atoms with Gasteiger partial charge in [-0.1, -0.05) is 47.5 Å². The highest BCUT2D eigenvalue weighted by Crippen LogP contribution is 2.27. The third-order valence-corrected chi connectivity index (χ3v) is 5.75. The van der Waals surface area contributed by atoms with Gasteiger partial charge in [-0.15, -0.1) is 10.2 Å². The molecule has 0 spiro atoms. The molecule has 1 amide bonds. The molecule has 1 aromatic heterocycles. The van der Waals surface area contributed by atoms with E-state index in [-0.39, 0.29) is 11.8 Å². The molecule has 7 heteroatoms. The number of nitrogens with zero attached hydrogens (tertiary/aromatic N) is 3. The van der Waals surface area contributed by atoms with Gasteiger partial charge in [-0.25, -0.2) is 0 Å². The van der Waals surface area contributed by atoms with E-state index >= 15 is 0 Å². The van der Waals surface area contributed by atoms with Gasteiger partial charge >= 0.3 is 0 Å². The molecular weight excluding hydrogens is 419 g/mol. The third kappa shape index (κ3) is 4.74. The van der Waals surface area contributed by atoms with Gasteiger partial charge in [0.25, 0.3) is 0 Å². The summed E-state index contributed by atoms with van der Waals surface area (Å²) < 4.78 is 0. The number of halogens is 2. The summed E-state index contributed by atoms with van der Waals surface area (Å²) in [6.45, 7) is 3.51. The lowest BCUT2D eigenvalue weighted by Gasteiger charge is -2.32. The minimum atomic E-state index is -0.144. The fourth-order valence-electron chi connectivity index (χ4n) is 3.77. The molecule has 5 nitrogen and oxygen atoms in total. The zero-order valence-corrected chi connectivity index (χ0v) is 18.1. The topological polar surface area (TPSA) is 58.1 Å². The minimum absolute atomic E-state index is 0.0393. The number of carbonyl (C=O) groups is 1. The maximum Gasteiger partial charge on any atom is 0.229 e. The van der Waals surface area contributed by atoms with E-state index in [0.29, 0.717) is 22.3 Å². The Bertz CT molecular complexity index is 1040. The number of piperidine rings is 1. The van der Waals surface area contributed by atoms with Gasteiger partial charge in [0.1, 0.15) is 0 Å². The number of rotatable bonds is 4. The molecule has 154 valence electrons. The van der Waals surface area contributed by atoms with Crippen molar-refractivity contribution in [1.82, 2.24) is 10.2 Å². The highest BCUT2D eigenvalue weighted by atomic mass is 35.5. The normalized spacial score (nSPS) is 16.4. The molecule has 1 saturated heterocycles. The number of hydrogen-bond donors (Lipinski definition) is 1. The second-order valence-corrected chi connectivity index (χ2v) is 8.40. The van der Waals surface area contributed by atoms with Crippen LogP contribution in [0, 0.1) is 12.8 Å². The predicted molar refractivity (Wildman–Crippen MR) is 122 cm³/mol. The lowest BCUT2D eigenvalue weighted by Crippen LogP contribution is -2.41. The van der Waals surface area contributed by atoms with E-state index in [1.54, 1.807) is 18.2 Å². The first-order chi connectivity index (χ1) is 14.5. The second-order valence-electron chi connectivity index (χ2n) is 7.52. The van der Waals surface area contributed by atoms with Crippen LogP contribution in [0.3, 0.4) is 0 Å². The molecule has 0 bridgehead atoms. The van der Waals surface area contributed by atoms with Crippen LogP contribution in [0.2, 0.25) is 10.0 Å². The lowest BCUT2D eigenvalue weighted by molar-refractivity contribution is -0.120. The molecule has 3 aromatic rings. The average Bonchev–Trinajstić information content (AvgIpc) is 2.74. The molecule has 2 aromatic carbocycles. The van der Waals surface area contributed by atoms with Gasteiger partial charge in [-0.3, -0.25) is 4.79 Å². The number of nitrogens with one attached hydrogen (secondary N) is 1. The van der Waals surface area contributed by atoms with Crippen molar-refractivity contribution < 1.29 is 4.79 Å². The van der Waals surface area contributed by atoms with E-state index in [0.717, 1.165) is 42.0 Å². The summed E-state index contributed by atoms with van der Waals surface area (Å²) in [6.07, 6.45) is 1.74. The first-order valence-electron chi connectivity index (χ1n) is 9.91. The van der Waals surface area contributed by atoms with E-state index < -0.39 is 0 Å². The number of aromatic nitrogens is 2. The molecule has 1 unspecified atom stereocenters. The van der Waals surface area contributed by atoms with Crippen LogP contribution in [-0.4, -0.2) is 29.2 Å². The van der Waals surface area contributed by atoms with Crippen molar-refractivity contribution in [2.24, 2.45) is 5.92 Å². The van der Waals surface area contributed by atoms with Gasteiger partial charge in [-0.2, -0.15) is 0 Å². The van der Waals surface area contributed by atoms with E-state index in [1.807, 2.05) is 30.3 Å². The molecule has 4 rings (SSSR count). The van der Waals surface area contributed by atoms with Crippen molar-refractivity contribution in [2.45, 2.75) is 19.8 Å². The molecule has 1 N–H and O–H groups in total. The van der Waals surface area contributed by atoms with Crippen LogP contribution in [-0.2, 0) is 4.79 Å². The number of hydrogen-bond acceptors (Lipinski definition) is 4. The van der Waals surface area contributed by atoms with Gasteiger partial charge in [0, 0.05) is 34.4 Å². The molecule has 0 aliphatic carbocycles. The second kappa shape index (κ2) is 9.02. The van der Waals surface area contributed by atoms with Crippen molar-refractivity contribution in [3.05, 3.63) is 70.2 Å². The first-order valence-corrected chi connectivity index (χ1v) is 10.7. The zero-order valence-electron chi connectivity index (χ0n) is 16.6. The molecule has 1 atom stereocenters. The molecule has 30 heavy (non-hydrogen) atoms. The van der Waals surface area contributed by atoms with E-state index in [2.05, 4.69) is 33.4 Å². The minimum Gasteiger partial charge on any atom is -0.354 e.